The smallest absolute Gasteiger partial charge is 0.309 e. The molecule has 0 aromatic rings. The highest BCUT2D eigenvalue weighted by Gasteiger charge is 2.49. The summed E-state index contributed by atoms with van der Waals surface area (Å²) in [6.45, 7) is 0. The van der Waals surface area contributed by atoms with Gasteiger partial charge in [-0.15, -0.1) is 0 Å². The third-order valence-electron chi connectivity index (χ3n) is 4.01. The molecule has 0 aromatic heterocycles. The van der Waals surface area contributed by atoms with Gasteiger partial charge in [-0.2, -0.15) is 0 Å². The number of carbonyl (C=O) groups excluding carboxylic acids is 1. The van der Waals surface area contributed by atoms with E-state index in [9.17, 15) is 14.7 Å². The molecule has 0 heterocycles. The van der Waals surface area contributed by atoms with Gasteiger partial charge in [-0.3, -0.25) is 9.59 Å². The predicted octanol–water partition coefficient (Wildman–Crippen LogP) is 2.00. The minimum atomic E-state index is -0.672. The van der Waals surface area contributed by atoms with E-state index in [1.54, 1.807) is 0 Å². The van der Waals surface area contributed by atoms with Gasteiger partial charge in [0.05, 0.1) is 5.41 Å². The predicted molar refractivity (Wildman–Crippen MR) is 50.9 cm³/mol. The zero-order valence-corrected chi connectivity index (χ0v) is 8.29. The van der Waals surface area contributed by atoms with E-state index in [0.717, 1.165) is 19.3 Å². The summed E-state index contributed by atoms with van der Waals surface area (Å²) in [5.74, 6) is -0.0935. The number of carbonyl (C=O) groups is 2. The molecule has 0 radical (unpaired) electrons. The minimum Gasteiger partial charge on any atom is -0.481 e. The molecule has 2 aliphatic carbocycles. The number of aliphatic carboxylic acids is 1. The van der Waals surface area contributed by atoms with Gasteiger partial charge in [0.15, 0.2) is 0 Å². The summed E-state index contributed by atoms with van der Waals surface area (Å²) in [6, 6.07) is 0. The second-order valence-electron chi connectivity index (χ2n) is 4.63. The van der Waals surface area contributed by atoms with Crippen molar-refractivity contribution in [2.75, 3.05) is 0 Å². The van der Waals surface area contributed by atoms with Gasteiger partial charge in [0, 0.05) is 12.8 Å². The quantitative estimate of drug-likeness (QED) is 0.734. The van der Waals surface area contributed by atoms with Gasteiger partial charge in [-0.05, 0) is 31.6 Å². The summed E-state index contributed by atoms with van der Waals surface area (Å²) < 4.78 is 0. The van der Waals surface area contributed by atoms with Crippen LogP contribution < -0.4 is 0 Å². The molecular weight excluding hydrogens is 180 g/mol. The van der Waals surface area contributed by atoms with Gasteiger partial charge in [0.25, 0.3) is 0 Å². The number of carboxylic acids is 1. The van der Waals surface area contributed by atoms with E-state index in [-0.39, 0.29) is 5.78 Å². The van der Waals surface area contributed by atoms with Crippen molar-refractivity contribution >= 4 is 11.8 Å². The molecule has 2 aliphatic rings. The van der Waals surface area contributed by atoms with Gasteiger partial charge in [-0.25, -0.2) is 0 Å². The van der Waals surface area contributed by atoms with Gasteiger partial charge in [0.1, 0.15) is 5.78 Å². The topological polar surface area (TPSA) is 54.4 Å². The molecule has 0 aromatic carbocycles. The lowest BCUT2D eigenvalue weighted by atomic mass is 9.59. The molecule has 2 rings (SSSR count). The molecule has 1 N–H and O–H groups in total. The standard InChI is InChI=1S/C11H16O3/c12-9-4-6-11(7-5-9,10(13)14)8-2-1-3-8/h8H,1-7H2,(H,13,14). The highest BCUT2D eigenvalue weighted by molar-refractivity contribution is 5.84. The summed E-state index contributed by atoms with van der Waals surface area (Å²) in [7, 11) is 0. The van der Waals surface area contributed by atoms with Gasteiger partial charge in [0.2, 0.25) is 0 Å². The monoisotopic (exact) mass is 196 g/mol. The molecule has 0 atom stereocenters. The Labute approximate surface area is 83.5 Å². The Kier molecular flexibility index (Phi) is 2.33. The molecule has 0 unspecified atom stereocenters. The van der Waals surface area contributed by atoms with Crippen LogP contribution in [0.5, 0.6) is 0 Å². The molecule has 3 nitrogen and oxygen atoms in total. The summed E-state index contributed by atoms with van der Waals surface area (Å²) in [4.78, 5) is 22.4. The van der Waals surface area contributed by atoms with E-state index >= 15 is 0 Å². The molecule has 3 heteroatoms. The van der Waals surface area contributed by atoms with Gasteiger partial charge >= 0.3 is 5.97 Å². The van der Waals surface area contributed by atoms with Crippen LogP contribution in [0, 0.1) is 11.3 Å². The van der Waals surface area contributed by atoms with Crippen LogP contribution in [0.25, 0.3) is 0 Å². The van der Waals surface area contributed by atoms with E-state index in [1.807, 2.05) is 0 Å². The third kappa shape index (κ3) is 1.35. The first-order valence-corrected chi connectivity index (χ1v) is 5.40. The number of ketones is 1. The fourth-order valence-corrected chi connectivity index (χ4v) is 2.73. The fourth-order valence-electron chi connectivity index (χ4n) is 2.73. The van der Waals surface area contributed by atoms with Crippen LogP contribution in [-0.4, -0.2) is 16.9 Å². The molecule has 0 aliphatic heterocycles. The number of Topliss-reactive ketones (excluding diaryl/α,β-unsaturated/α-hetero) is 1. The van der Waals surface area contributed by atoms with Crippen molar-refractivity contribution in [3.63, 3.8) is 0 Å². The number of hydrogen-bond donors (Lipinski definition) is 1. The Bertz CT molecular complexity index is 256. The van der Waals surface area contributed by atoms with Crippen molar-refractivity contribution in [3.8, 4) is 0 Å². The summed E-state index contributed by atoms with van der Waals surface area (Å²) in [6.07, 6.45) is 5.35. The molecule has 0 amide bonds. The average molecular weight is 196 g/mol. The van der Waals surface area contributed by atoms with Crippen LogP contribution in [0.4, 0.5) is 0 Å². The zero-order valence-electron chi connectivity index (χ0n) is 8.29. The van der Waals surface area contributed by atoms with Crippen molar-refractivity contribution in [1.29, 1.82) is 0 Å². The lowest BCUT2D eigenvalue weighted by molar-refractivity contribution is -0.159. The number of carboxylic acid groups (broad SMARTS) is 1. The lowest BCUT2D eigenvalue weighted by Gasteiger charge is -2.44. The summed E-state index contributed by atoms with van der Waals surface area (Å²) >= 11 is 0. The highest BCUT2D eigenvalue weighted by atomic mass is 16.4. The maximum absolute atomic E-state index is 11.3. The maximum Gasteiger partial charge on any atom is 0.309 e. The van der Waals surface area contributed by atoms with Crippen molar-refractivity contribution in [3.05, 3.63) is 0 Å². The Morgan fingerprint density at radius 1 is 1.29 bits per heavy atom. The first-order chi connectivity index (χ1) is 6.65. The molecule has 2 saturated carbocycles. The minimum absolute atomic E-state index is 0.237. The second kappa shape index (κ2) is 3.37. The van der Waals surface area contributed by atoms with Crippen LogP contribution >= 0.6 is 0 Å². The Morgan fingerprint density at radius 2 is 1.86 bits per heavy atom. The number of rotatable bonds is 2. The third-order valence-corrected chi connectivity index (χ3v) is 4.01. The van der Waals surface area contributed by atoms with E-state index in [4.69, 9.17) is 0 Å². The Hall–Kier alpha value is -0.860. The van der Waals surface area contributed by atoms with Gasteiger partial charge in [-0.1, -0.05) is 6.42 Å². The van der Waals surface area contributed by atoms with Crippen LogP contribution in [0.1, 0.15) is 44.9 Å². The van der Waals surface area contributed by atoms with E-state index in [0.29, 0.717) is 31.6 Å². The summed E-state index contributed by atoms with van der Waals surface area (Å²) in [5.41, 5.74) is -0.549. The molecule has 14 heavy (non-hydrogen) atoms. The van der Waals surface area contributed by atoms with Crippen LogP contribution in [-0.2, 0) is 9.59 Å². The molecule has 2 fully saturated rings. The van der Waals surface area contributed by atoms with E-state index in [1.165, 1.54) is 0 Å². The maximum atomic E-state index is 11.3. The van der Waals surface area contributed by atoms with Crippen molar-refractivity contribution in [2.45, 2.75) is 44.9 Å². The average Bonchev–Trinajstić information content (AvgIpc) is 2.05. The molecule has 78 valence electrons. The Balaban J connectivity index is 2.14. The SMILES string of the molecule is O=C1CCC(C(=O)O)(C2CCC2)CC1. The molecule has 0 saturated heterocycles. The Morgan fingerprint density at radius 3 is 2.21 bits per heavy atom. The zero-order chi connectivity index (χ0) is 10.2. The van der Waals surface area contributed by atoms with Crippen molar-refractivity contribution in [2.24, 2.45) is 11.3 Å². The number of hydrogen-bond acceptors (Lipinski definition) is 2. The molecule has 0 spiro atoms. The van der Waals surface area contributed by atoms with E-state index in [2.05, 4.69) is 0 Å². The van der Waals surface area contributed by atoms with Gasteiger partial charge < -0.3 is 5.11 Å². The molecular formula is C11H16O3. The van der Waals surface area contributed by atoms with Crippen LogP contribution in [0.15, 0.2) is 0 Å². The fraction of sp³-hybridized carbons (Fsp3) is 0.818. The van der Waals surface area contributed by atoms with Crippen LogP contribution in [0.2, 0.25) is 0 Å². The normalized spacial score (nSPS) is 27.0. The van der Waals surface area contributed by atoms with Crippen LogP contribution in [0.3, 0.4) is 0 Å². The lowest BCUT2D eigenvalue weighted by Crippen LogP contribution is -2.44. The first kappa shape index (κ1) is 9.69. The van der Waals surface area contributed by atoms with E-state index < -0.39 is 11.4 Å². The van der Waals surface area contributed by atoms with Crippen molar-refractivity contribution in [1.82, 2.24) is 0 Å². The largest absolute Gasteiger partial charge is 0.481 e. The molecule has 0 bridgehead atoms. The second-order valence-corrected chi connectivity index (χ2v) is 4.63. The first-order valence-electron chi connectivity index (χ1n) is 5.40. The summed E-state index contributed by atoms with van der Waals surface area (Å²) in [5, 5.41) is 9.30. The van der Waals surface area contributed by atoms with Crippen molar-refractivity contribution < 1.29 is 14.7 Å². The highest BCUT2D eigenvalue weighted by Crippen LogP contribution is 2.50.